The number of anilines is 1. The fraction of sp³-hybridized carbons (Fsp3) is 0.0769. The molecule has 20 heavy (non-hydrogen) atoms. The lowest BCUT2D eigenvalue weighted by Crippen LogP contribution is -2.15. The van der Waals surface area contributed by atoms with E-state index in [1.54, 1.807) is 30.3 Å². The highest BCUT2D eigenvalue weighted by Gasteiger charge is 2.13. The van der Waals surface area contributed by atoms with E-state index in [1.165, 1.54) is 19.2 Å². The van der Waals surface area contributed by atoms with Gasteiger partial charge in [0.1, 0.15) is 5.69 Å². The molecular formula is C13H12N2O4S. The molecule has 2 rings (SSSR count). The largest absolute Gasteiger partial charge is 0.481 e. The smallest absolute Gasteiger partial charge is 0.274 e. The highest BCUT2D eigenvalue weighted by Crippen LogP contribution is 2.19. The number of nitrogens with one attached hydrogen (secondary N) is 1. The Hall–Kier alpha value is -2.25. The highest BCUT2D eigenvalue weighted by molar-refractivity contribution is 7.79. The molecule has 7 heteroatoms. The van der Waals surface area contributed by atoms with Gasteiger partial charge in [-0.2, -0.15) is 0 Å². The van der Waals surface area contributed by atoms with Crippen molar-refractivity contribution in [1.29, 1.82) is 0 Å². The van der Waals surface area contributed by atoms with Crippen molar-refractivity contribution in [2.75, 3.05) is 12.4 Å². The Morgan fingerprint density at radius 1 is 1.25 bits per heavy atom. The number of ether oxygens (including phenoxy) is 1. The van der Waals surface area contributed by atoms with Gasteiger partial charge in [0.25, 0.3) is 5.91 Å². The number of benzene rings is 1. The lowest BCUT2D eigenvalue weighted by atomic mass is 10.3. The van der Waals surface area contributed by atoms with Crippen LogP contribution in [-0.2, 0) is 11.1 Å². The molecule has 0 aliphatic rings. The van der Waals surface area contributed by atoms with Crippen LogP contribution in [0.15, 0.2) is 47.4 Å². The molecule has 0 aliphatic heterocycles. The number of carbonyl (C=O) groups is 1. The minimum Gasteiger partial charge on any atom is -0.481 e. The quantitative estimate of drug-likeness (QED) is 0.840. The van der Waals surface area contributed by atoms with Gasteiger partial charge in [0.2, 0.25) is 5.88 Å². The van der Waals surface area contributed by atoms with E-state index >= 15 is 0 Å². The van der Waals surface area contributed by atoms with E-state index < -0.39 is 17.0 Å². The van der Waals surface area contributed by atoms with Gasteiger partial charge in [-0.25, -0.2) is 9.19 Å². The fourth-order valence-electron chi connectivity index (χ4n) is 1.56. The molecule has 1 amide bonds. The van der Waals surface area contributed by atoms with E-state index in [2.05, 4.69) is 10.3 Å². The maximum absolute atomic E-state index is 12.0. The van der Waals surface area contributed by atoms with Crippen LogP contribution in [0, 0.1) is 0 Å². The third-order valence-electron chi connectivity index (χ3n) is 2.49. The second-order valence-electron chi connectivity index (χ2n) is 3.76. The maximum Gasteiger partial charge on any atom is 0.274 e. The molecule has 0 radical (unpaired) electrons. The number of para-hydroxylation sites is 1. The van der Waals surface area contributed by atoms with Crippen LogP contribution in [-0.4, -0.2) is 26.8 Å². The summed E-state index contributed by atoms with van der Waals surface area (Å²) < 4.78 is 25.3. The highest BCUT2D eigenvalue weighted by atomic mass is 32.2. The van der Waals surface area contributed by atoms with Gasteiger partial charge in [-0.1, -0.05) is 18.2 Å². The first-order chi connectivity index (χ1) is 9.61. The minimum atomic E-state index is -2.18. The van der Waals surface area contributed by atoms with Crippen molar-refractivity contribution in [1.82, 2.24) is 4.98 Å². The Bertz CT molecular complexity index is 660. The molecule has 1 aromatic carbocycles. The van der Waals surface area contributed by atoms with Gasteiger partial charge in [0, 0.05) is 6.07 Å². The minimum absolute atomic E-state index is 0.128. The summed E-state index contributed by atoms with van der Waals surface area (Å²) in [6.45, 7) is 0. The SMILES string of the molecule is COc1cccc(C(=O)Nc2ccccc2S(=O)O)n1. The molecular weight excluding hydrogens is 280 g/mol. The zero-order valence-electron chi connectivity index (χ0n) is 10.6. The lowest BCUT2D eigenvalue weighted by molar-refractivity contribution is 0.102. The van der Waals surface area contributed by atoms with Gasteiger partial charge < -0.3 is 14.6 Å². The van der Waals surface area contributed by atoms with Crippen LogP contribution in [0.5, 0.6) is 5.88 Å². The number of methoxy groups -OCH3 is 1. The lowest BCUT2D eigenvalue weighted by Gasteiger charge is -2.08. The summed E-state index contributed by atoms with van der Waals surface area (Å²) in [4.78, 5) is 16.2. The fourth-order valence-corrected chi connectivity index (χ4v) is 2.07. The molecule has 0 bridgehead atoms. The summed E-state index contributed by atoms with van der Waals surface area (Å²) in [6, 6.07) is 11.1. The monoisotopic (exact) mass is 292 g/mol. The van der Waals surface area contributed by atoms with Crippen LogP contribution < -0.4 is 10.1 Å². The predicted octanol–water partition coefficient (Wildman–Crippen LogP) is 1.92. The van der Waals surface area contributed by atoms with Crippen LogP contribution >= 0.6 is 0 Å². The van der Waals surface area contributed by atoms with Crippen LogP contribution in [0.1, 0.15) is 10.5 Å². The molecule has 2 N–H and O–H groups in total. The number of amides is 1. The van der Waals surface area contributed by atoms with Crippen LogP contribution in [0.4, 0.5) is 5.69 Å². The summed E-state index contributed by atoms with van der Waals surface area (Å²) in [5.74, 6) is -0.168. The van der Waals surface area contributed by atoms with Gasteiger partial charge in [0.05, 0.1) is 17.7 Å². The molecule has 0 fully saturated rings. The van der Waals surface area contributed by atoms with Crippen molar-refractivity contribution >= 4 is 22.7 Å². The number of rotatable bonds is 4. The zero-order valence-corrected chi connectivity index (χ0v) is 11.4. The first kappa shape index (κ1) is 14.2. The first-order valence-corrected chi connectivity index (χ1v) is 6.75. The molecule has 1 aromatic heterocycles. The standard InChI is InChI=1S/C13H12N2O4S/c1-19-12-8-4-6-10(14-12)13(16)15-9-5-2-3-7-11(9)20(17)18/h2-8H,1H3,(H,15,16)(H,17,18). The summed E-state index contributed by atoms with van der Waals surface area (Å²) >= 11 is -2.18. The van der Waals surface area contributed by atoms with E-state index in [1.807, 2.05) is 0 Å². The Labute approximate surface area is 118 Å². The molecule has 1 unspecified atom stereocenters. The van der Waals surface area contributed by atoms with E-state index in [0.29, 0.717) is 5.88 Å². The van der Waals surface area contributed by atoms with Gasteiger partial charge in [-0.05, 0) is 18.2 Å². The van der Waals surface area contributed by atoms with Gasteiger partial charge in [-0.3, -0.25) is 4.79 Å². The zero-order chi connectivity index (χ0) is 14.5. The molecule has 1 atom stereocenters. The number of hydrogen-bond donors (Lipinski definition) is 2. The maximum atomic E-state index is 12.0. The number of nitrogens with zero attached hydrogens (tertiary/aromatic N) is 1. The molecule has 104 valence electrons. The average molecular weight is 292 g/mol. The van der Waals surface area contributed by atoms with E-state index in [0.717, 1.165) is 0 Å². The van der Waals surface area contributed by atoms with Gasteiger partial charge in [0.15, 0.2) is 11.1 Å². The van der Waals surface area contributed by atoms with E-state index in [9.17, 15) is 9.00 Å². The summed E-state index contributed by atoms with van der Waals surface area (Å²) in [7, 11) is 1.45. The molecule has 0 saturated carbocycles. The third kappa shape index (κ3) is 3.19. The first-order valence-electron chi connectivity index (χ1n) is 5.64. The molecule has 1 heterocycles. The Morgan fingerprint density at radius 3 is 2.70 bits per heavy atom. The van der Waals surface area contributed by atoms with E-state index in [4.69, 9.17) is 9.29 Å². The van der Waals surface area contributed by atoms with Crippen LogP contribution in [0.25, 0.3) is 0 Å². The van der Waals surface area contributed by atoms with Crippen molar-refractivity contribution in [3.63, 3.8) is 0 Å². The van der Waals surface area contributed by atoms with Crippen molar-refractivity contribution in [2.24, 2.45) is 0 Å². The van der Waals surface area contributed by atoms with Crippen molar-refractivity contribution in [3.8, 4) is 5.88 Å². The number of hydrogen-bond acceptors (Lipinski definition) is 4. The molecule has 6 nitrogen and oxygen atoms in total. The second kappa shape index (κ2) is 6.27. The number of pyridine rings is 1. The summed E-state index contributed by atoms with van der Waals surface area (Å²) in [6.07, 6.45) is 0. The predicted molar refractivity (Wildman–Crippen MR) is 74.2 cm³/mol. The second-order valence-corrected chi connectivity index (χ2v) is 4.70. The topological polar surface area (TPSA) is 88.5 Å². The Morgan fingerprint density at radius 2 is 2.00 bits per heavy atom. The molecule has 2 aromatic rings. The van der Waals surface area contributed by atoms with Gasteiger partial charge in [-0.15, -0.1) is 0 Å². The number of carbonyl (C=O) groups excluding carboxylic acids is 1. The van der Waals surface area contributed by atoms with Crippen LogP contribution in [0.2, 0.25) is 0 Å². The van der Waals surface area contributed by atoms with Crippen LogP contribution in [0.3, 0.4) is 0 Å². The Balaban J connectivity index is 2.25. The van der Waals surface area contributed by atoms with E-state index in [-0.39, 0.29) is 16.3 Å². The van der Waals surface area contributed by atoms with Crippen molar-refractivity contribution in [3.05, 3.63) is 48.2 Å². The molecule has 0 aliphatic carbocycles. The van der Waals surface area contributed by atoms with Crippen molar-refractivity contribution in [2.45, 2.75) is 4.90 Å². The molecule has 0 spiro atoms. The van der Waals surface area contributed by atoms with Gasteiger partial charge >= 0.3 is 0 Å². The Kier molecular flexibility index (Phi) is 4.44. The number of aromatic nitrogens is 1. The average Bonchev–Trinajstić information content (AvgIpc) is 2.47. The normalized spacial score (nSPS) is 11.7. The summed E-state index contributed by atoms with van der Waals surface area (Å²) in [5, 5.41) is 2.55. The third-order valence-corrected chi connectivity index (χ3v) is 3.22. The summed E-state index contributed by atoms with van der Waals surface area (Å²) in [5.41, 5.74) is 0.422. The molecule has 0 saturated heterocycles. The van der Waals surface area contributed by atoms with Crippen molar-refractivity contribution < 1.29 is 18.3 Å².